The molecule has 3 rings (SSSR count). The van der Waals surface area contributed by atoms with Gasteiger partial charge >= 0.3 is 0 Å². The summed E-state index contributed by atoms with van der Waals surface area (Å²) in [7, 11) is 1.91. The van der Waals surface area contributed by atoms with Gasteiger partial charge in [-0.05, 0) is 43.1 Å². The van der Waals surface area contributed by atoms with E-state index in [2.05, 4.69) is 29.0 Å². The summed E-state index contributed by atoms with van der Waals surface area (Å²) in [4.78, 5) is 15.5. The van der Waals surface area contributed by atoms with Crippen LogP contribution in [0.4, 0.5) is 11.4 Å². The Hall–Kier alpha value is -2.58. The van der Waals surface area contributed by atoms with E-state index in [0.717, 1.165) is 39.3 Å². The van der Waals surface area contributed by atoms with Crippen LogP contribution in [0.2, 0.25) is 0 Å². The molecule has 0 aliphatic carbocycles. The average molecular weight is 414 g/mol. The number of aromatic nitrogens is 3. The SMILES string of the molecule is C=CN(C)c1c(C)cccc1NC(=O)CSc1nnc(-c2cccs2)n1CC. The third kappa shape index (κ3) is 4.28. The van der Waals surface area contributed by atoms with Crippen LogP contribution in [-0.4, -0.2) is 33.5 Å². The van der Waals surface area contributed by atoms with Gasteiger partial charge in [0.15, 0.2) is 11.0 Å². The van der Waals surface area contributed by atoms with Crippen LogP contribution in [-0.2, 0) is 11.3 Å². The molecular formula is C20H23N5OS2. The number of carbonyl (C=O) groups is 1. The fourth-order valence-electron chi connectivity index (χ4n) is 2.90. The van der Waals surface area contributed by atoms with Gasteiger partial charge in [0.2, 0.25) is 5.91 Å². The Morgan fingerprint density at radius 3 is 2.86 bits per heavy atom. The third-order valence-corrected chi connectivity index (χ3v) is 6.08. The van der Waals surface area contributed by atoms with Gasteiger partial charge in [0.25, 0.3) is 0 Å². The van der Waals surface area contributed by atoms with Crippen LogP contribution in [0.15, 0.2) is 53.6 Å². The largest absolute Gasteiger partial charge is 0.350 e. The molecule has 0 aliphatic rings. The normalized spacial score (nSPS) is 10.7. The Morgan fingerprint density at radius 2 is 2.18 bits per heavy atom. The number of amides is 1. The predicted molar refractivity (Wildman–Crippen MR) is 118 cm³/mol. The number of thioether (sulfide) groups is 1. The third-order valence-electron chi connectivity index (χ3n) is 4.25. The molecule has 1 amide bonds. The molecule has 1 N–H and O–H groups in total. The van der Waals surface area contributed by atoms with Gasteiger partial charge in [-0.1, -0.05) is 36.5 Å². The summed E-state index contributed by atoms with van der Waals surface area (Å²) in [5.74, 6) is 1.01. The number of thiophene rings is 1. The Morgan fingerprint density at radius 1 is 1.36 bits per heavy atom. The van der Waals surface area contributed by atoms with E-state index in [0.29, 0.717) is 0 Å². The maximum absolute atomic E-state index is 12.6. The second-order valence-corrected chi connectivity index (χ2v) is 8.02. The van der Waals surface area contributed by atoms with Gasteiger partial charge in [-0.15, -0.1) is 21.5 Å². The number of aryl methyl sites for hydroxylation is 1. The van der Waals surface area contributed by atoms with Crippen molar-refractivity contribution in [2.24, 2.45) is 0 Å². The number of rotatable bonds is 8. The average Bonchev–Trinajstić information content (AvgIpc) is 3.35. The van der Waals surface area contributed by atoms with Crippen molar-refractivity contribution >= 4 is 40.4 Å². The van der Waals surface area contributed by atoms with E-state index < -0.39 is 0 Å². The van der Waals surface area contributed by atoms with E-state index >= 15 is 0 Å². The van der Waals surface area contributed by atoms with E-state index in [1.807, 2.05) is 59.2 Å². The molecular weight excluding hydrogens is 390 g/mol. The van der Waals surface area contributed by atoms with Gasteiger partial charge in [-0.2, -0.15) is 0 Å². The highest BCUT2D eigenvalue weighted by Gasteiger charge is 2.16. The van der Waals surface area contributed by atoms with Crippen molar-refractivity contribution < 1.29 is 4.79 Å². The topological polar surface area (TPSA) is 63.1 Å². The Balaban J connectivity index is 1.71. The van der Waals surface area contributed by atoms with Gasteiger partial charge in [0.05, 0.1) is 22.0 Å². The summed E-state index contributed by atoms with van der Waals surface area (Å²) in [5, 5.41) is 14.3. The fraction of sp³-hybridized carbons (Fsp3) is 0.250. The Labute approximate surface area is 173 Å². The minimum atomic E-state index is -0.0855. The highest BCUT2D eigenvalue weighted by molar-refractivity contribution is 7.99. The second kappa shape index (κ2) is 9.07. The summed E-state index contributed by atoms with van der Waals surface area (Å²) in [6, 6.07) is 9.86. The summed E-state index contributed by atoms with van der Waals surface area (Å²) < 4.78 is 2.04. The highest BCUT2D eigenvalue weighted by Crippen LogP contribution is 2.30. The molecule has 6 nitrogen and oxygen atoms in total. The van der Waals surface area contributed by atoms with Crippen LogP contribution in [0.1, 0.15) is 12.5 Å². The number of anilines is 2. The molecule has 0 bridgehead atoms. The molecule has 28 heavy (non-hydrogen) atoms. The lowest BCUT2D eigenvalue weighted by molar-refractivity contribution is -0.113. The lowest BCUT2D eigenvalue weighted by atomic mass is 10.1. The van der Waals surface area contributed by atoms with Gasteiger partial charge in [0, 0.05) is 13.6 Å². The van der Waals surface area contributed by atoms with E-state index in [9.17, 15) is 4.79 Å². The van der Waals surface area contributed by atoms with Gasteiger partial charge in [-0.3, -0.25) is 4.79 Å². The van der Waals surface area contributed by atoms with Gasteiger partial charge in [0.1, 0.15) is 0 Å². The van der Waals surface area contributed by atoms with Gasteiger partial charge < -0.3 is 14.8 Å². The van der Waals surface area contributed by atoms with Gasteiger partial charge in [-0.25, -0.2) is 0 Å². The van der Waals surface area contributed by atoms with E-state index in [-0.39, 0.29) is 11.7 Å². The molecule has 0 saturated heterocycles. The van der Waals surface area contributed by atoms with E-state index in [1.165, 1.54) is 11.8 Å². The standard InChI is InChI=1S/C20H23N5OS2/c1-5-24(4)18-14(3)9-7-10-15(18)21-17(26)13-28-20-23-22-19(25(20)6-2)16-11-8-12-27-16/h5,7-12H,1,6,13H2,2-4H3,(H,21,26). The Bertz CT molecular complexity index is 965. The summed E-state index contributed by atoms with van der Waals surface area (Å²) in [5.41, 5.74) is 2.77. The van der Waals surface area contributed by atoms with E-state index in [1.54, 1.807) is 17.5 Å². The minimum absolute atomic E-state index is 0.0855. The lowest BCUT2D eigenvalue weighted by Crippen LogP contribution is -2.18. The predicted octanol–water partition coefficient (Wildman–Crippen LogP) is 4.65. The maximum Gasteiger partial charge on any atom is 0.234 e. The number of para-hydroxylation sites is 1. The van der Waals surface area contributed by atoms with Crippen molar-refractivity contribution in [3.63, 3.8) is 0 Å². The molecule has 0 spiro atoms. The number of carbonyl (C=O) groups excluding carboxylic acids is 1. The zero-order valence-electron chi connectivity index (χ0n) is 16.2. The molecule has 0 radical (unpaired) electrons. The summed E-state index contributed by atoms with van der Waals surface area (Å²) in [6.07, 6.45) is 1.72. The van der Waals surface area contributed by atoms with Crippen LogP contribution >= 0.6 is 23.1 Å². The quantitative estimate of drug-likeness (QED) is 0.545. The molecule has 2 aromatic heterocycles. The van der Waals surface area contributed by atoms with Crippen LogP contribution < -0.4 is 10.2 Å². The second-order valence-electron chi connectivity index (χ2n) is 6.13. The molecule has 0 unspecified atom stereocenters. The first kappa shape index (κ1) is 20.2. The van der Waals surface area contributed by atoms with Crippen LogP contribution in [0.25, 0.3) is 10.7 Å². The molecule has 8 heteroatoms. The molecule has 3 aromatic rings. The molecule has 0 atom stereocenters. The summed E-state index contributed by atoms with van der Waals surface area (Å²) in [6.45, 7) is 8.62. The van der Waals surface area contributed by atoms with Crippen molar-refractivity contribution in [1.29, 1.82) is 0 Å². The fourth-order valence-corrected chi connectivity index (χ4v) is 4.42. The first-order valence-corrected chi connectivity index (χ1v) is 10.8. The zero-order valence-corrected chi connectivity index (χ0v) is 17.8. The first-order chi connectivity index (χ1) is 13.5. The van der Waals surface area contributed by atoms with Crippen LogP contribution in [0, 0.1) is 6.92 Å². The monoisotopic (exact) mass is 413 g/mol. The van der Waals surface area contributed by atoms with Crippen molar-refractivity contribution in [1.82, 2.24) is 14.8 Å². The van der Waals surface area contributed by atoms with Crippen molar-refractivity contribution in [3.8, 4) is 10.7 Å². The van der Waals surface area contributed by atoms with Crippen LogP contribution in [0.5, 0.6) is 0 Å². The molecule has 0 aliphatic heterocycles. The molecule has 0 saturated carbocycles. The first-order valence-electron chi connectivity index (χ1n) is 8.89. The molecule has 0 fully saturated rings. The minimum Gasteiger partial charge on any atom is -0.350 e. The highest BCUT2D eigenvalue weighted by atomic mass is 32.2. The number of benzene rings is 1. The lowest BCUT2D eigenvalue weighted by Gasteiger charge is -2.21. The molecule has 146 valence electrons. The number of hydrogen-bond donors (Lipinski definition) is 1. The maximum atomic E-state index is 12.6. The summed E-state index contributed by atoms with van der Waals surface area (Å²) >= 11 is 3.02. The number of hydrogen-bond acceptors (Lipinski definition) is 6. The number of nitrogens with zero attached hydrogens (tertiary/aromatic N) is 4. The zero-order chi connectivity index (χ0) is 20.1. The van der Waals surface area contributed by atoms with Crippen LogP contribution in [0.3, 0.4) is 0 Å². The molecule has 2 heterocycles. The van der Waals surface area contributed by atoms with E-state index in [4.69, 9.17) is 0 Å². The van der Waals surface area contributed by atoms with Crippen molar-refractivity contribution in [2.45, 2.75) is 25.5 Å². The van der Waals surface area contributed by atoms with Crippen molar-refractivity contribution in [2.75, 3.05) is 23.0 Å². The van der Waals surface area contributed by atoms with Crippen molar-refractivity contribution in [3.05, 3.63) is 54.1 Å². The molecule has 1 aromatic carbocycles. The Kier molecular flexibility index (Phi) is 6.53. The number of nitrogens with one attached hydrogen (secondary N) is 1. The smallest absolute Gasteiger partial charge is 0.234 e.